The van der Waals surface area contributed by atoms with Gasteiger partial charge in [0.05, 0.1) is 23.0 Å². The molecule has 2 atom stereocenters. The number of nitrogens with one attached hydrogen (secondary N) is 2. The van der Waals surface area contributed by atoms with E-state index in [9.17, 15) is 19.1 Å². The number of carbonyl (C=O) groups excluding carboxylic acids is 1. The van der Waals surface area contributed by atoms with Crippen LogP contribution in [0.15, 0.2) is 41.7 Å². The van der Waals surface area contributed by atoms with E-state index < -0.39 is 17.8 Å². The van der Waals surface area contributed by atoms with Crippen molar-refractivity contribution in [2.24, 2.45) is 23.7 Å². The van der Waals surface area contributed by atoms with Crippen molar-refractivity contribution in [1.29, 1.82) is 0 Å². The summed E-state index contributed by atoms with van der Waals surface area (Å²) in [5, 5.41) is 14.8. The predicted octanol–water partition coefficient (Wildman–Crippen LogP) is 5.73. The molecule has 0 aliphatic heterocycles. The summed E-state index contributed by atoms with van der Waals surface area (Å²) in [7, 11) is 0. The molecule has 0 radical (unpaired) electrons. The Morgan fingerprint density at radius 1 is 1.29 bits per heavy atom. The van der Waals surface area contributed by atoms with Gasteiger partial charge in [0.1, 0.15) is 5.82 Å². The monoisotopic (exact) mass is 489 g/mol. The number of halogens is 2. The average molecular weight is 490 g/mol. The maximum Gasteiger partial charge on any atom is 0.323 e. The third kappa shape index (κ3) is 8.42. The Morgan fingerprint density at radius 2 is 1.94 bits per heavy atom. The number of hydrogen-bond donors (Lipinski definition) is 3. The number of carbonyl (C=O) groups is 2. The fraction of sp³-hybridized carbons (Fsp3) is 0.462. The second kappa shape index (κ2) is 12.5. The minimum absolute atomic E-state index is 0.00167. The van der Waals surface area contributed by atoms with Crippen molar-refractivity contribution in [3.8, 4) is 12.3 Å². The largest absolute Gasteiger partial charge is 0.481 e. The van der Waals surface area contributed by atoms with Gasteiger partial charge in [-0.1, -0.05) is 51.3 Å². The minimum Gasteiger partial charge on any atom is -0.481 e. The Kier molecular flexibility index (Phi) is 10.0. The third-order valence-corrected chi connectivity index (χ3v) is 5.53. The van der Waals surface area contributed by atoms with Gasteiger partial charge in [-0.15, -0.1) is 6.42 Å². The Morgan fingerprint density at radius 3 is 2.44 bits per heavy atom. The van der Waals surface area contributed by atoms with Crippen molar-refractivity contribution in [3.05, 3.63) is 52.6 Å². The van der Waals surface area contributed by atoms with E-state index in [0.29, 0.717) is 49.2 Å². The molecule has 34 heavy (non-hydrogen) atoms. The summed E-state index contributed by atoms with van der Waals surface area (Å²) in [6.45, 7) is 9.79. The van der Waals surface area contributed by atoms with Crippen LogP contribution in [0.3, 0.4) is 0 Å². The molecule has 2 unspecified atom stereocenters. The van der Waals surface area contributed by atoms with Crippen LogP contribution in [0.5, 0.6) is 0 Å². The lowest BCUT2D eigenvalue weighted by atomic mass is 10.1. The van der Waals surface area contributed by atoms with Gasteiger partial charge in [-0.05, 0) is 48.8 Å². The molecule has 2 rings (SSSR count). The van der Waals surface area contributed by atoms with Crippen LogP contribution in [0.1, 0.15) is 40.5 Å². The first-order valence-electron chi connectivity index (χ1n) is 11.4. The van der Waals surface area contributed by atoms with Crippen LogP contribution in [0.4, 0.5) is 14.9 Å². The lowest BCUT2D eigenvalue weighted by molar-refractivity contribution is -0.138. The zero-order chi connectivity index (χ0) is 25.4. The zero-order valence-electron chi connectivity index (χ0n) is 20.1. The Balaban J connectivity index is 2.33. The molecular weight excluding hydrogens is 457 g/mol. The number of anilines is 1. The average Bonchev–Trinajstić information content (AvgIpc) is 3.50. The highest BCUT2D eigenvalue weighted by Gasteiger charge is 2.42. The van der Waals surface area contributed by atoms with E-state index in [0.717, 1.165) is 6.07 Å². The summed E-state index contributed by atoms with van der Waals surface area (Å²) in [6.07, 6.45) is 10.1. The topological polar surface area (TPSA) is 81.7 Å². The molecule has 184 valence electrons. The molecule has 1 aliphatic carbocycles. The van der Waals surface area contributed by atoms with Crippen LogP contribution in [0.2, 0.25) is 5.02 Å². The number of rotatable bonds is 11. The fourth-order valence-corrected chi connectivity index (χ4v) is 3.90. The van der Waals surface area contributed by atoms with Gasteiger partial charge in [-0.3, -0.25) is 4.79 Å². The number of benzene rings is 1. The molecular formula is C26H33ClFN3O3. The molecule has 3 N–H and O–H groups in total. The molecule has 0 spiro atoms. The van der Waals surface area contributed by atoms with Crippen LogP contribution < -0.4 is 10.6 Å². The highest BCUT2D eigenvalue weighted by molar-refractivity contribution is 6.30. The van der Waals surface area contributed by atoms with Crippen molar-refractivity contribution in [3.63, 3.8) is 0 Å². The van der Waals surface area contributed by atoms with Crippen molar-refractivity contribution < 1.29 is 19.1 Å². The van der Waals surface area contributed by atoms with Gasteiger partial charge < -0.3 is 20.6 Å². The highest BCUT2D eigenvalue weighted by Crippen LogP contribution is 2.42. The first-order chi connectivity index (χ1) is 16.0. The number of urea groups is 1. The molecule has 1 aromatic rings. The van der Waals surface area contributed by atoms with E-state index in [2.05, 4.69) is 49.1 Å². The molecule has 1 aromatic carbocycles. The quantitative estimate of drug-likeness (QED) is 0.274. The van der Waals surface area contributed by atoms with Gasteiger partial charge in [0.25, 0.3) is 0 Å². The van der Waals surface area contributed by atoms with Crippen LogP contribution >= 0.6 is 11.6 Å². The van der Waals surface area contributed by atoms with Gasteiger partial charge in [0.15, 0.2) is 0 Å². The molecule has 1 saturated carbocycles. The Labute approximate surface area is 206 Å². The molecule has 1 aliphatic rings. The number of terminal acetylenes is 1. The molecule has 6 nitrogen and oxygen atoms in total. The number of aliphatic carboxylic acids is 1. The van der Waals surface area contributed by atoms with Gasteiger partial charge in [0, 0.05) is 24.2 Å². The molecule has 0 heterocycles. The number of carboxylic acids is 1. The zero-order valence-corrected chi connectivity index (χ0v) is 20.8. The first kappa shape index (κ1) is 27.3. The second-order valence-electron chi connectivity index (χ2n) is 9.39. The van der Waals surface area contributed by atoms with Crippen LogP contribution in [0.25, 0.3) is 0 Å². The fourth-order valence-electron chi connectivity index (χ4n) is 3.74. The lowest BCUT2D eigenvalue weighted by Crippen LogP contribution is -2.37. The van der Waals surface area contributed by atoms with Gasteiger partial charge in [0.2, 0.25) is 0 Å². The van der Waals surface area contributed by atoms with Crippen LogP contribution in [-0.4, -0.2) is 35.1 Å². The summed E-state index contributed by atoms with van der Waals surface area (Å²) in [4.78, 5) is 26.2. The van der Waals surface area contributed by atoms with E-state index in [1.165, 1.54) is 12.1 Å². The standard InChI is InChI=1S/C26H33ClFN3O3/c1-6-7-24(31(14-16(2)3)15-17(4)5)23(10-8-18-12-20(18)25(32)33)30-26(34)29-22-11-9-19(27)13-21(22)28/h1,7,9-11,13,16-18,20H,8,12,14-15H2,2-5H3,(H,32,33)(H2,29,30,34)/b23-10+,24-7+. The maximum atomic E-state index is 14.2. The molecule has 2 amide bonds. The predicted molar refractivity (Wildman–Crippen MR) is 134 cm³/mol. The molecule has 0 bridgehead atoms. The highest BCUT2D eigenvalue weighted by atomic mass is 35.5. The van der Waals surface area contributed by atoms with Crippen LogP contribution in [0, 0.1) is 41.8 Å². The van der Waals surface area contributed by atoms with Gasteiger partial charge in [-0.2, -0.15) is 0 Å². The molecule has 0 aromatic heterocycles. The lowest BCUT2D eigenvalue weighted by Gasteiger charge is -2.32. The minimum atomic E-state index is -0.815. The van der Waals surface area contributed by atoms with E-state index in [4.69, 9.17) is 18.0 Å². The number of nitrogens with zero attached hydrogens (tertiary/aromatic N) is 1. The number of allylic oxidation sites excluding steroid dienone is 2. The summed E-state index contributed by atoms with van der Waals surface area (Å²) < 4.78 is 14.2. The number of amides is 2. The normalized spacial score (nSPS) is 18.0. The Bertz CT molecular complexity index is 987. The summed E-state index contributed by atoms with van der Waals surface area (Å²) in [5.74, 6) is 1.37. The van der Waals surface area contributed by atoms with E-state index >= 15 is 0 Å². The molecule has 0 saturated heterocycles. The second-order valence-corrected chi connectivity index (χ2v) is 9.82. The summed E-state index contributed by atoms with van der Waals surface area (Å²) >= 11 is 5.79. The molecule has 8 heteroatoms. The van der Waals surface area contributed by atoms with E-state index in [1.54, 1.807) is 6.08 Å². The van der Waals surface area contributed by atoms with E-state index in [1.807, 2.05) is 6.08 Å². The van der Waals surface area contributed by atoms with Crippen molar-refractivity contribution in [1.82, 2.24) is 10.2 Å². The number of carboxylic acid groups (broad SMARTS) is 1. The maximum absolute atomic E-state index is 14.2. The summed E-state index contributed by atoms with van der Waals surface area (Å²) in [6, 6.07) is 3.33. The number of hydrogen-bond acceptors (Lipinski definition) is 3. The summed E-state index contributed by atoms with van der Waals surface area (Å²) in [5.41, 5.74) is 1.10. The van der Waals surface area contributed by atoms with Crippen molar-refractivity contribution in [2.45, 2.75) is 40.5 Å². The smallest absolute Gasteiger partial charge is 0.323 e. The van der Waals surface area contributed by atoms with Crippen molar-refractivity contribution in [2.75, 3.05) is 18.4 Å². The van der Waals surface area contributed by atoms with Gasteiger partial charge >= 0.3 is 12.0 Å². The van der Waals surface area contributed by atoms with Crippen molar-refractivity contribution >= 4 is 29.3 Å². The third-order valence-electron chi connectivity index (χ3n) is 5.30. The van der Waals surface area contributed by atoms with E-state index in [-0.39, 0.29) is 22.5 Å². The first-order valence-corrected chi connectivity index (χ1v) is 11.8. The molecule has 1 fully saturated rings. The SMILES string of the molecule is C#C/C=C(\C(=C/CC1CC1C(=O)O)NC(=O)Nc1ccc(Cl)cc1F)N(CC(C)C)CC(C)C. The Hall–Kier alpha value is -2.98. The van der Waals surface area contributed by atoms with Crippen LogP contribution in [-0.2, 0) is 4.79 Å². The van der Waals surface area contributed by atoms with Gasteiger partial charge in [-0.25, -0.2) is 9.18 Å².